The molecule has 7 nitrogen and oxygen atoms in total. The van der Waals surface area contributed by atoms with Gasteiger partial charge in [-0.15, -0.1) is 0 Å². The van der Waals surface area contributed by atoms with Gasteiger partial charge in [-0.05, 0) is 6.07 Å². The Morgan fingerprint density at radius 3 is 2.83 bits per heavy atom. The number of carbonyl (C=O) groups excluding carboxylic acids is 2. The molecule has 0 atom stereocenters. The van der Waals surface area contributed by atoms with Gasteiger partial charge in [0.2, 0.25) is 5.91 Å². The summed E-state index contributed by atoms with van der Waals surface area (Å²) >= 11 is 0. The van der Waals surface area contributed by atoms with E-state index in [-0.39, 0.29) is 18.4 Å². The highest BCUT2D eigenvalue weighted by atomic mass is 16.5. The number of methoxy groups -OCH3 is 1. The van der Waals surface area contributed by atoms with Crippen molar-refractivity contribution in [2.75, 3.05) is 39.6 Å². The number of hydrogen-bond acceptors (Lipinski definition) is 4. The van der Waals surface area contributed by atoms with Gasteiger partial charge in [0.15, 0.2) is 0 Å². The van der Waals surface area contributed by atoms with Crippen molar-refractivity contribution in [1.82, 2.24) is 15.2 Å². The number of nitrogens with two attached hydrogens (primary N) is 1. The third-order valence-corrected chi connectivity index (χ3v) is 2.29. The largest absolute Gasteiger partial charge is 0.397 e. The monoisotopic (exact) mass is 254 g/mol. The van der Waals surface area contributed by atoms with Crippen LogP contribution in [0.1, 0.15) is 10.5 Å². The molecule has 2 amide bonds. The van der Waals surface area contributed by atoms with Gasteiger partial charge in [-0.25, -0.2) is 0 Å². The second-order valence-electron chi connectivity index (χ2n) is 3.85. The molecule has 4 N–H and O–H groups in total. The van der Waals surface area contributed by atoms with Crippen LogP contribution in [0.2, 0.25) is 0 Å². The molecular weight excluding hydrogens is 236 g/mol. The van der Waals surface area contributed by atoms with Gasteiger partial charge in [-0.1, -0.05) is 0 Å². The van der Waals surface area contributed by atoms with Crippen LogP contribution in [-0.4, -0.2) is 55.6 Å². The first-order valence-corrected chi connectivity index (χ1v) is 5.49. The summed E-state index contributed by atoms with van der Waals surface area (Å²) in [6, 6.07) is 1.53. The lowest BCUT2D eigenvalue weighted by molar-refractivity contribution is -0.121. The van der Waals surface area contributed by atoms with Gasteiger partial charge in [-0.3, -0.25) is 9.59 Å². The minimum Gasteiger partial charge on any atom is -0.397 e. The molecule has 7 heteroatoms. The van der Waals surface area contributed by atoms with E-state index in [1.54, 1.807) is 14.2 Å². The SMILES string of the molecule is COCCNC(=O)CN(C)C(=O)c1cc(N)c[nH]1. The number of aromatic amines is 1. The van der Waals surface area contributed by atoms with E-state index < -0.39 is 0 Å². The number of nitrogen functional groups attached to an aromatic ring is 1. The molecule has 0 spiro atoms. The van der Waals surface area contributed by atoms with Gasteiger partial charge in [0, 0.05) is 32.6 Å². The molecule has 1 aromatic rings. The number of amides is 2. The molecule has 1 heterocycles. The number of nitrogens with one attached hydrogen (secondary N) is 2. The first-order chi connectivity index (χ1) is 8.54. The predicted octanol–water partition coefficient (Wildman–Crippen LogP) is -0.568. The van der Waals surface area contributed by atoms with Crippen LogP contribution in [0.15, 0.2) is 12.3 Å². The van der Waals surface area contributed by atoms with Gasteiger partial charge in [0.1, 0.15) is 5.69 Å². The lowest BCUT2D eigenvalue weighted by atomic mass is 10.3. The fourth-order valence-electron chi connectivity index (χ4n) is 1.38. The molecule has 0 saturated carbocycles. The number of aromatic nitrogens is 1. The van der Waals surface area contributed by atoms with E-state index in [0.29, 0.717) is 24.5 Å². The average Bonchev–Trinajstić information content (AvgIpc) is 2.75. The maximum atomic E-state index is 11.9. The molecule has 0 aliphatic carbocycles. The van der Waals surface area contributed by atoms with Crippen molar-refractivity contribution in [2.45, 2.75) is 0 Å². The van der Waals surface area contributed by atoms with E-state index in [1.807, 2.05) is 0 Å². The zero-order valence-corrected chi connectivity index (χ0v) is 10.5. The second-order valence-corrected chi connectivity index (χ2v) is 3.85. The summed E-state index contributed by atoms with van der Waals surface area (Å²) in [4.78, 5) is 27.4. The molecule has 0 aliphatic heterocycles. The molecule has 0 fully saturated rings. The average molecular weight is 254 g/mol. The summed E-state index contributed by atoms with van der Waals surface area (Å²) in [6.07, 6.45) is 1.53. The van der Waals surface area contributed by atoms with E-state index in [1.165, 1.54) is 17.2 Å². The molecule has 1 aromatic heterocycles. The summed E-state index contributed by atoms with van der Waals surface area (Å²) < 4.78 is 4.80. The van der Waals surface area contributed by atoms with Gasteiger partial charge >= 0.3 is 0 Å². The van der Waals surface area contributed by atoms with Crippen LogP contribution in [0.3, 0.4) is 0 Å². The predicted molar refractivity (Wildman–Crippen MR) is 67.1 cm³/mol. The third kappa shape index (κ3) is 4.10. The zero-order chi connectivity index (χ0) is 13.5. The quantitative estimate of drug-likeness (QED) is 0.592. The van der Waals surface area contributed by atoms with E-state index in [0.717, 1.165) is 0 Å². The van der Waals surface area contributed by atoms with Crippen molar-refractivity contribution in [3.05, 3.63) is 18.0 Å². The third-order valence-electron chi connectivity index (χ3n) is 2.29. The standard InChI is InChI=1S/C11H18N4O3/c1-15(7-10(16)13-3-4-18-2)11(17)9-5-8(12)6-14-9/h5-6,14H,3-4,7,12H2,1-2H3,(H,13,16). The fraction of sp³-hybridized carbons (Fsp3) is 0.455. The minimum absolute atomic E-state index is 0.0124. The normalized spacial score (nSPS) is 10.1. The Bertz CT molecular complexity index is 416. The Labute approximate surface area is 105 Å². The lowest BCUT2D eigenvalue weighted by Gasteiger charge is -2.15. The van der Waals surface area contributed by atoms with Gasteiger partial charge in [-0.2, -0.15) is 0 Å². The van der Waals surface area contributed by atoms with E-state index in [4.69, 9.17) is 10.5 Å². The summed E-state index contributed by atoms with van der Waals surface area (Å²) in [5.41, 5.74) is 6.35. The van der Waals surface area contributed by atoms with Crippen molar-refractivity contribution in [2.24, 2.45) is 0 Å². The molecule has 18 heavy (non-hydrogen) atoms. The molecule has 0 unspecified atom stereocenters. The number of anilines is 1. The minimum atomic E-state index is -0.284. The molecule has 100 valence electrons. The summed E-state index contributed by atoms with van der Waals surface area (Å²) in [5, 5.41) is 2.63. The summed E-state index contributed by atoms with van der Waals surface area (Å²) in [7, 11) is 3.10. The number of likely N-dealkylation sites (N-methyl/N-ethyl adjacent to an activating group) is 1. The van der Waals surface area contributed by atoms with E-state index in [9.17, 15) is 9.59 Å². The maximum Gasteiger partial charge on any atom is 0.270 e. The smallest absolute Gasteiger partial charge is 0.270 e. The van der Waals surface area contributed by atoms with Crippen LogP contribution < -0.4 is 11.1 Å². The molecule has 0 aliphatic rings. The molecule has 1 rings (SSSR count). The molecule has 0 saturated heterocycles. The Balaban J connectivity index is 2.42. The van der Waals surface area contributed by atoms with Crippen LogP contribution in [-0.2, 0) is 9.53 Å². The van der Waals surface area contributed by atoms with E-state index in [2.05, 4.69) is 10.3 Å². The zero-order valence-electron chi connectivity index (χ0n) is 10.5. The van der Waals surface area contributed by atoms with Crippen molar-refractivity contribution in [3.63, 3.8) is 0 Å². The highest BCUT2D eigenvalue weighted by molar-refractivity contribution is 5.95. The van der Waals surface area contributed by atoms with Crippen LogP contribution in [0.25, 0.3) is 0 Å². The van der Waals surface area contributed by atoms with Crippen LogP contribution in [0, 0.1) is 0 Å². The Morgan fingerprint density at radius 1 is 1.56 bits per heavy atom. The van der Waals surface area contributed by atoms with Gasteiger partial charge < -0.3 is 25.7 Å². The maximum absolute atomic E-state index is 11.9. The van der Waals surface area contributed by atoms with Crippen molar-refractivity contribution >= 4 is 17.5 Å². The highest BCUT2D eigenvalue weighted by Crippen LogP contribution is 2.06. The van der Waals surface area contributed by atoms with Crippen LogP contribution >= 0.6 is 0 Å². The Hall–Kier alpha value is -2.02. The van der Waals surface area contributed by atoms with Crippen molar-refractivity contribution in [1.29, 1.82) is 0 Å². The lowest BCUT2D eigenvalue weighted by Crippen LogP contribution is -2.39. The van der Waals surface area contributed by atoms with Crippen molar-refractivity contribution in [3.8, 4) is 0 Å². The Morgan fingerprint density at radius 2 is 2.28 bits per heavy atom. The molecule has 0 bridgehead atoms. The van der Waals surface area contributed by atoms with Crippen LogP contribution in [0.5, 0.6) is 0 Å². The fourth-order valence-corrected chi connectivity index (χ4v) is 1.38. The topological polar surface area (TPSA) is 100 Å². The second kappa shape index (κ2) is 6.65. The number of carbonyl (C=O) groups is 2. The first-order valence-electron chi connectivity index (χ1n) is 5.49. The van der Waals surface area contributed by atoms with E-state index >= 15 is 0 Å². The number of nitrogens with zero attached hydrogens (tertiary/aromatic N) is 1. The van der Waals surface area contributed by atoms with Crippen molar-refractivity contribution < 1.29 is 14.3 Å². The van der Waals surface area contributed by atoms with Gasteiger partial charge in [0.25, 0.3) is 5.91 Å². The van der Waals surface area contributed by atoms with Crippen LogP contribution in [0.4, 0.5) is 5.69 Å². The number of rotatable bonds is 6. The molecular formula is C11H18N4O3. The Kier molecular flexibility index (Phi) is 5.19. The number of ether oxygens (including phenoxy) is 1. The summed E-state index contributed by atoms with van der Waals surface area (Å²) in [6.45, 7) is 0.852. The highest BCUT2D eigenvalue weighted by Gasteiger charge is 2.15. The molecule has 0 aromatic carbocycles. The number of H-pyrrole nitrogens is 1. The molecule has 0 radical (unpaired) electrons. The van der Waals surface area contributed by atoms with Gasteiger partial charge in [0.05, 0.1) is 13.2 Å². The number of hydrogen-bond donors (Lipinski definition) is 3. The first kappa shape index (κ1) is 14.0. The summed E-state index contributed by atoms with van der Waals surface area (Å²) in [5.74, 6) is -0.518.